The lowest BCUT2D eigenvalue weighted by molar-refractivity contribution is -0.128. The van der Waals surface area contributed by atoms with Crippen molar-refractivity contribution in [1.29, 1.82) is 0 Å². The van der Waals surface area contributed by atoms with E-state index in [0.29, 0.717) is 49.0 Å². The van der Waals surface area contributed by atoms with E-state index in [1.54, 1.807) is 16.7 Å². The second-order valence-corrected chi connectivity index (χ2v) is 10.0. The minimum Gasteiger partial charge on any atom is -0.368 e. The molecule has 0 bridgehead atoms. The Hall–Kier alpha value is -3.40. The fourth-order valence-corrected chi connectivity index (χ4v) is 5.28. The summed E-state index contributed by atoms with van der Waals surface area (Å²) in [5.41, 5.74) is 1.61. The van der Waals surface area contributed by atoms with Crippen LogP contribution in [0, 0.1) is 11.7 Å². The molecular weight excluding hydrogens is 467 g/mol. The summed E-state index contributed by atoms with van der Waals surface area (Å²) in [5, 5.41) is 9.85. The lowest BCUT2D eigenvalue weighted by Crippen LogP contribution is -2.49. The summed E-state index contributed by atoms with van der Waals surface area (Å²) in [6.07, 6.45) is 0. The van der Waals surface area contributed by atoms with Crippen LogP contribution in [0.2, 0.25) is 0 Å². The number of para-hydroxylation sites is 1. The Morgan fingerprint density at radius 3 is 2.46 bits per heavy atom. The van der Waals surface area contributed by atoms with Crippen LogP contribution in [0.5, 0.6) is 0 Å². The number of nitrogens with zero attached hydrogens (tertiary/aromatic N) is 6. The maximum Gasteiger partial charge on any atom is 0.262 e. The van der Waals surface area contributed by atoms with Crippen LogP contribution in [-0.2, 0) is 11.3 Å². The van der Waals surface area contributed by atoms with Gasteiger partial charge in [-0.1, -0.05) is 37.7 Å². The summed E-state index contributed by atoms with van der Waals surface area (Å²) in [4.78, 5) is 30.1. The van der Waals surface area contributed by atoms with Crippen molar-refractivity contribution in [2.75, 3.05) is 36.8 Å². The van der Waals surface area contributed by atoms with E-state index in [2.05, 4.69) is 28.9 Å². The first-order chi connectivity index (χ1) is 16.9. The van der Waals surface area contributed by atoms with Crippen LogP contribution >= 0.6 is 11.8 Å². The monoisotopic (exact) mass is 494 g/mol. The molecule has 0 radical (unpaired) electrons. The van der Waals surface area contributed by atoms with Gasteiger partial charge in [0.25, 0.3) is 5.56 Å². The van der Waals surface area contributed by atoms with Crippen LogP contribution in [0.1, 0.15) is 13.8 Å². The van der Waals surface area contributed by atoms with Gasteiger partial charge in [0.2, 0.25) is 11.7 Å². The predicted molar refractivity (Wildman–Crippen MR) is 136 cm³/mol. The second kappa shape index (κ2) is 9.69. The SMILES string of the molecule is CC(C)Cn1c(=O)c2ccccc2n2c(SCC(=O)N3CCN(c4ccc(F)cc4)CC3)nnc12. The topological polar surface area (TPSA) is 75.7 Å². The van der Waals surface area contributed by atoms with E-state index in [1.807, 2.05) is 33.6 Å². The van der Waals surface area contributed by atoms with Gasteiger partial charge in [0.05, 0.1) is 16.7 Å². The van der Waals surface area contributed by atoms with Crippen molar-refractivity contribution in [2.24, 2.45) is 5.92 Å². The van der Waals surface area contributed by atoms with Gasteiger partial charge in [-0.2, -0.15) is 0 Å². The van der Waals surface area contributed by atoms with E-state index in [0.717, 1.165) is 11.2 Å². The second-order valence-electron chi connectivity index (χ2n) is 9.08. The molecule has 5 rings (SSSR count). The van der Waals surface area contributed by atoms with E-state index in [9.17, 15) is 14.0 Å². The maximum atomic E-state index is 13.2. The summed E-state index contributed by atoms with van der Waals surface area (Å²) in [5.74, 6) is 0.764. The number of fused-ring (bicyclic) bond motifs is 3. The summed E-state index contributed by atoms with van der Waals surface area (Å²) in [6.45, 7) is 7.25. The Kier molecular flexibility index (Phi) is 6.46. The van der Waals surface area contributed by atoms with Crippen LogP contribution in [0.25, 0.3) is 16.7 Å². The van der Waals surface area contributed by atoms with Crippen LogP contribution in [0.4, 0.5) is 10.1 Å². The Balaban J connectivity index is 1.32. The van der Waals surface area contributed by atoms with Crippen molar-refractivity contribution in [1.82, 2.24) is 24.1 Å². The largest absolute Gasteiger partial charge is 0.368 e. The molecule has 0 aliphatic carbocycles. The van der Waals surface area contributed by atoms with Crippen LogP contribution in [-0.4, -0.2) is 61.9 Å². The van der Waals surface area contributed by atoms with E-state index in [1.165, 1.54) is 23.9 Å². The molecule has 0 N–H and O–H groups in total. The Morgan fingerprint density at radius 1 is 1.03 bits per heavy atom. The number of anilines is 1. The number of aromatic nitrogens is 4. The van der Waals surface area contributed by atoms with Gasteiger partial charge in [0.15, 0.2) is 5.16 Å². The third-order valence-electron chi connectivity index (χ3n) is 6.17. The molecule has 3 heterocycles. The number of hydrogen-bond acceptors (Lipinski definition) is 6. The zero-order chi connectivity index (χ0) is 24.5. The molecule has 2 aromatic carbocycles. The molecule has 2 aromatic heterocycles. The number of carbonyl (C=O) groups is 1. The summed E-state index contributed by atoms with van der Waals surface area (Å²) in [6, 6.07) is 13.9. The van der Waals surface area contributed by atoms with Gasteiger partial charge in [0.1, 0.15) is 5.82 Å². The summed E-state index contributed by atoms with van der Waals surface area (Å²) >= 11 is 1.33. The highest BCUT2D eigenvalue weighted by atomic mass is 32.2. The molecule has 10 heteroatoms. The first-order valence-electron chi connectivity index (χ1n) is 11.7. The van der Waals surface area contributed by atoms with Crippen LogP contribution in [0.15, 0.2) is 58.5 Å². The van der Waals surface area contributed by atoms with Gasteiger partial charge >= 0.3 is 0 Å². The highest BCUT2D eigenvalue weighted by Gasteiger charge is 2.23. The van der Waals surface area contributed by atoms with E-state index < -0.39 is 0 Å². The van der Waals surface area contributed by atoms with Gasteiger partial charge < -0.3 is 9.80 Å². The highest BCUT2D eigenvalue weighted by molar-refractivity contribution is 7.99. The standard InChI is InChI=1S/C25H27FN6O2S/c1-17(2)15-31-23(34)20-5-3-4-6-21(20)32-24(31)27-28-25(32)35-16-22(33)30-13-11-29(12-14-30)19-9-7-18(26)8-10-19/h3-10,17H,11-16H2,1-2H3. The van der Waals surface area contributed by atoms with Gasteiger partial charge in [-0.3, -0.25) is 18.6 Å². The minimum absolute atomic E-state index is 0.0327. The summed E-state index contributed by atoms with van der Waals surface area (Å²) < 4.78 is 16.7. The normalized spacial score (nSPS) is 14.4. The molecule has 0 spiro atoms. The zero-order valence-corrected chi connectivity index (χ0v) is 20.5. The molecule has 1 fully saturated rings. The van der Waals surface area contributed by atoms with Gasteiger partial charge in [0, 0.05) is 38.4 Å². The Bertz CT molecular complexity index is 1420. The lowest BCUT2D eigenvalue weighted by Gasteiger charge is -2.36. The summed E-state index contributed by atoms with van der Waals surface area (Å²) in [7, 11) is 0. The van der Waals surface area contributed by atoms with Gasteiger partial charge in [-0.25, -0.2) is 4.39 Å². The molecule has 1 aliphatic heterocycles. The molecule has 4 aromatic rings. The van der Waals surface area contributed by atoms with Crippen LogP contribution < -0.4 is 10.5 Å². The van der Waals surface area contributed by atoms with E-state index >= 15 is 0 Å². The number of thioether (sulfide) groups is 1. The number of halogens is 1. The van der Waals surface area contributed by atoms with Crippen LogP contribution in [0.3, 0.4) is 0 Å². The number of rotatable bonds is 6. The molecule has 8 nitrogen and oxygen atoms in total. The zero-order valence-electron chi connectivity index (χ0n) is 19.7. The third-order valence-corrected chi connectivity index (χ3v) is 7.09. The smallest absolute Gasteiger partial charge is 0.262 e. The minimum atomic E-state index is -0.255. The molecule has 1 aliphatic rings. The molecule has 0 unspecified atom stereocenters. The van der Waals surface area contributed by atoms with Crippen molar-refractivity contribution in [3.63, 3.8) is 0 Å². The van der Waals surface area contributed by atoms with Gasteiger partial charge in [-0.15, -0.1) is 10.2 Å². The van der Waals surface area contributed by atoms with Crippen molar-refractivity contribution in [2.45, 2.75) is 25.5 Å². The number of amides is 1. The molecule has 0 saturated carbocycles. The number of carbonyl (C=O) groups excluding carboxylic acids is 1. The van der Waals surface area contributed by atoms with Crippen molar-refractivity contribution in [3.05, 3.63) is 64.7 Å². The number of benzene rings is 2. The average molecular weight is 495 g/mol. The van der Waals surface area contributed by atoms with Gasteiger partial charge in [-0.05, 0) is 42.3 Å². The highest BCUT2D eigenvalue weighted by Crippen LogP contribution is 2.23. The quantitative estimate of drug-likeness (QED) is 0.383. The molecule has 0 atom stereocenters. The molecular formula is C25H27FN6O2S. The first kappa shape index (κ1) is 23.3. The molecule has 35 heavy (non-hydrogen) atoms. The Morgan fingerprint density at radius 2 is 1.74 bits per heavy atom. The molecule has 1 amide bonds. The maximum absolute atomic E-state index is 13.2. The van der Waals surface area contributed by atoms with Crippen molar-refractivity contribution >= 4 is 40.0 Å². The predicted octanol–water partition coefficient (Wildman–Crippen LogP) is 3.28. The van der Waals surface area contributed by atoms with E-state index in [4.69, 9.17) is 0 Å². The van der Waals surface area contributed by atoms with Crippen molar-refractivity contribution < 1.29 is 9.18 Å². The first-order valence-corrected chi connectivity index (χ1v) is 12.7. The lowest BCUT2D eigenvalue weighted by atomic mass is 10.2. The average Bonchev–Trinajstić information content (AvgIpc) is 3.29. The number of hydrogen-bond donors (Lipinski definition) is 0. The fraction of sp³-hybridized carbons (Fsp3) is 0.360. The number of piperazine rings is 1. The molecule has 182 valence electrons. The third kappa shape index (κ3) is 4.62. The Labute approximate surface area is 206 Å². The fourth-order valence-electron chi connectivity index (χ4n) is 4.44. The molecule has 1 saturated heterocycles. The van der Waals surface area contributed by atoms with Crippen molar-refractivity contribution in [3.8, 4) is 0 Å². The van der Waals surface area contributed by atoms with E-state index in [-0.39, 0.29) is 29.0 Å².